The van der Waals surface area contributed by atoms with Gasteiger partial charge < -0.3 is 9.80 Å². The normalized spacial score (nSPS) is 14.3. The highest BCUT2D eigenvalue weighted by atomic mass is 19.1. The highest BCUT2D eigenvalue weighted by Gasteiger charge is 2.42. The van der Waals surface area contributed by atoms with Crippen LogP contribution >= 0.6 is 0 Å². The Morgan fingerprint density at radius 2 is 0.960 bits per heavy atom. The van der Waals surface area contributed by atoms with E-state index in [1.165, 1.54) is 28.0 Å². The Bertz CT molecular complexity index is 2300. The van der Waals surface area contributed by atoms with Crippen molar-refractivity contribution in [2.75, 3.05) is 9.80 Å². The van der Waals surface area contributed by atoms with E-state index in [4.69, 9.17) is 0 Å². The Kier molecular flexibility index (Phi) is 7.79. The van der Waals surface area contributed by atoms with Gasteiger partial charge in [0, 0.05) is 33.8 Å². The highest BCUT2D eigenvalue weighted by molar-refractivity contribution is 5.99. The van der Waals surface area contributed by atoms with E-state index in [2.05, 4.69) is 177 Å². The first-order valence-electron chi connectivity index (χ1n) is 17.4. The second-order valence-corrected chi connectivity index (χ2v) is 14.8. The smallest absolute Gasteiger partial charge is 0.125 e. The Morgan fingerprint density at radius 3 is 1.66 bits per heavy atom. The molecule has 3 heteroatoms. The molecule has 0 unspecified atom stereocenters. The van der Waals surface area contributed by atoms with Gasteiger partial charge in [0.1, 0.15) is 5.82 Å². The van der Waals surface area contributed by atoms with Crippen LogP contribution < -0.4 is 9.80 Å². The number of fused-ring (bicyclic) bond motifs is 2. The van der Waals surface area contributed by atoms with Gasteiger partial charge in [-0.2, -0.15) is 0 Å². The quantitative estimate of drug-likeness (QED) is 0.169. The summed E-state index contributed by atoms with van der Waals surface area (Å²) in [6, 6.07) is 56.6. The average molecular weight is 653 g/mol. The Balaban J connectivity index is 1.15. The molecule has 0 aromatic heterocycles. The van der Waals surface area contributed by atoms with E-state index in [-0.39, 0.29) is 16.6 Å². The van der Waals surface area contributed by atoms with Crippen molar-refractivity contribution in [1.29, 1.82) is 0 Å². The van der Waals surface area contributed by atoms with Gasteiger partial charge in [-0.3, -0.25) is 0 Å². The maximum Gasteiger partial charge on any atom is 0.125 e. The molecular weight excluding hydrogens is 612 g/mol. The summed E-state index contributed by atoms with van der Waals surface area (Å²) in [6.45, 7) is 9.33. The number of rotatable bonds is 7. The lowest BCUT2D eigenvalue weighted by molar-refractivity contribution is 0.403. The lowest BCUT2D eigenvalue weighted by atomic mass is 9.82. The van der Waals surface area contributed by atoms with Crippen LogP contribution in [0.3, 0.4) is 0 Å². The van der Waals surface area contributed by atoms with E-state index < -0.39 is 0 Å². The van der Waals surface area contributed by atoms with Crippen LogP contribution in [0.15, 0.2) is 164 Å². The van der Waals surface area contributed by atoms with E-state index in [1.807, 2.05) is 6.07 Å². The molecule has 50 heavy (non-hydrogen) atoms. The Hall–Kier alpha value is -5.67. The van der Waals surface area contributed by atoms with Crippen LogP contribution in [0.1, 0.15) is 45.2 Å². The molecule has 0 aliphatic heterocycles. The number of hydrogen-bond donors (Lipinski definition) is 0. The lowest BCUT2D eigenvalue weighted by Gasteiger charge is -2.28. The average Bonchev–Trinajstić information content (AvgIpc) is 3.32. The monoisotopic (exact) mass is 652 g/mol. The van der Waals surface area contributed by atoms with Gasteiger partial charge in [-0.15, -0.1) is 0 Å². The van der Waals surface area contributed by atoms with Gasteiger partial charge in [0.15, 0.2) is 0 Å². The van der Waals surface area contributed by atoms with E-state index in [0.29, 0.717) is 0 Å². The predicted molar refractivity (Wildman–Crippen MR) is 209 cm³/mol. The Morgan fingerprint density at radius 1 is 0.440 bits per heavy atom. The first-order valence-corrected chi connectivity index (χ1v) is 17.4. The van der Waals surface area contributed by atoms with E-state index >= 15 is 0 Å². The zero-order chi connectivity index (χ0) is 34.5. The molecule has 0 N–H and O–H groups in total. The first kappa shape index (κ1) is 31.6. The topological polar surface area (TPSA) is 6.48 Å². The number of benzene rings is 7. The van der Waals surface area contributed by atoms with E-state index in [1.54, 1.807) is 12.1 Å². The van der Waals surface area contributed by atoms with Crippen molar-refractivity contribution >= 4 is 44.9 Å². The molecule has 0 spiro atoms. The van der Waals surface area contributed by atoms with Gasteiger partial charge in [-0.25, -0.2) is 4.39 Å². The summed E-state index contributed by atoms with van der Waals surface area (Å²) in [6.07, 6.45) is 1.09. The van der Waals surface area contributed by atoms with Crippen LogP contribution in [0.5, 0.6) is 0 Å². The molecule has 2 nitrogen and oxygen atoms in total. The van der Waals surface area contributed by atoms with Crippen molar-refractivity contribution in [3.05, 3.63) is 181 Å². The van der Waals surface area contributed by atoms with Crippen molar-refractivity contribution in [2.24, 2.45) is 0 Å². The summed E-state index contributed by atoms with van der Waals surface area (Å²) in [4.78, 5) is 4.49. The summed E-state index contributed by atoms with van der Waals surface area (Å²) >= 11 is 0. The molecular formula is C47H41FN2. The van der Waals surface area contributed by atoms with Crippen molar-refractivity contribution in [3.8, 4) is 11.1 Å². The molecule has 0 saturated heterocycles. The predicted octanol–water partition coefficient (Wildman–Crippen LogP) is 13.5. The molecule has 8 rings (SSSR count). The van der Waals surface area contributed by atoms with Gasteiger partial charge in [0.25, 0.3) is 0 Å². The van der Waals surface area contributed by atoms with Crippen LogP contribution in [0.4, 0.5) is 38.5 Å². The fraction of sp³-hybridized carbons (Fsp3) is 0.149. The molecule has 0 heterocycles. The molecule has 0 fully saturated rings. The lowest BCUT2D eigenvalue weighted by Crippen LogP contribution is -2.18. The number of nitrogens with zero attached hydrogens (tertiary/aromatic N) is 2. The summed E-state index contributed by atoms with van der Waals surface area (Å²) in [5.74, 6) is -0.250. The van der Waals surface area contributed by atoms with Crippen molar-refractivity contribution in [1.82, 2.24) is 0 Å². The van der Waals surface area contributed by atoms with Crippen molar-refractivity contribution < 1.29 is 4.39 Å². The van der Waals surface area contributed by atoms with Gasteiger partial charge >= 0.3 is 0 Å². The van der Waals surface area contributed by atoms with Gasteiger partial charge in [0.2, 0.25) is 0 Å². The second kappa shape index (κ2) is 12.3. The molecule has 246 valence electrons. The van der Waals surface area contributed by atoms with Gasteiger partial charge in [-0.05, 0) is 118 Å². The maximum absolute atomic E-state index is 14.6. The van der Waals surface area contributed by atoms with Gasteiger partial charge in [-0.1, -0.05) is 119 Å². The number of para-hydroxylation sites is 1. The number of hydrogen-bond acceptors (Lipinski definition) is 2. The third-order valence-electron chi connectivity index (χ3n) is 10.3. The standard InChI is InChI=1S/C47H41FN2/c1-46(2)32-47(3,4)44-31-41(28-29-43(44)46)49(40-17-11-14-36(48)30-40)38-24-20-33(21-25-38)34-22-26-39(27-23-34)50(37-15-6-5-7-16-37)45-19-10-13-35-12-8-9-18-42(35)45/h5-31H,32H2,1-4H3. The summed E-state index contributed by atoms with van der Waals surface area (Å²) in [5, 5.41) is 2.42. The van der Waals surface area contributed by atoms with E-state index in [9.17, 15) is 4.39 Å². The minimum absolute atomic E-state index is 0.0577. The summed E-state index contributed by atoms with van der Waals surface area (Å²) < 4.78 is 14.6. The fourth-order valence-corrected chi connectivity index (χ4v) is 8.19. The molecule has 0 bridgehead atoms. The maximum atomic E-state index is 14.6. The summed E-state index contributed by atoms with van der Waals surface area (Å²) in [7, 11) is 0. The zero-order valence-corrected chi connectivity index (χ0v) is 29.1. The fourth-order valence-electron chi connectivity index (χ4n) is 8.19. The molecule has 0 saturated carbocycles. The van der Waals surface area contributed by atoms with Crippen molar-refractivity contribution in [2.45, 2.75) is 44.9 Å². The molecule has 1 aliphatic carbocycles. The first-order chi connectivity index (χ1) is 24.2. The second-order valence-electron chi connectivity index (χ2n) is 14.8. The van der Waals surface area contributed by atoms with Gasteiger partial charge in [0.05, 0.1) is 5.69 Å². The molecule has 0 atom stereocenters. The molecule has 0 amide bonds. The molecule has 1 aliphatic rings. The number of halogens is 1. The molecule has 7 aromatic rings. The van der Waals surface area contributed by atoms with Crippen LogP contribution in [-0.4, -0.2) is 0 Å². The molecule has 7 aromatic carbocycles. The Labute approximate surface area is 295 Å². The van der Waals surface area contributed by atoms with Crippen molar-refractivity contribution in [3.63, 3.8) is 0 Å². The van der Waals surface area contributed by atoms with E-state index in [0.717, 1.165) is 51.7 Å². The minimum Gasteiger partial charge on any atom is -0.310 e. The third-order valence-corrected chi connectivity index (χ3v) is 10.3. The highest BCUT2D eigenvalue weighted by Crippen LogP contribution is 2.51. The van der Waals surface area contributed by atoms with Crippen LogP contribution in [-0.2, 0) is 10.8 Å². The van der Waals surface area contributed by atoms with Crippen LogP contribution in [0, 0.1) is 5.82 Å². The zero-order valence-electron chi connectivity index (χ0n) is 29.1. The SMILES string of the molecule is CC1(C)CC(C)(C)c2cc(N(c3ccc(-c4ccc(N(c5ccccc5)c5cccc6ccccc56)cc4)cc3)c3cccc(F)c3)ccc21. The largest absolute Gasteiger partial charge is 0.310 e. The number of anilines is 6. The summed E-state index contributed by atoms with van der Waals surface area (Å²) in [5.41, 5.74) is 11.3. The third kappa shape index (κ3) is 5.73. The van der Waals surface area contributed by atoms with Crippen LogP contribution in [0.2, 0.25) is 0 Å². The molecule has 0 radical (unpaired) electrons. The minimum atomic E-state index is -0.250. The van der Waals surface area contributed by atoms with Crippen LogP contribution in [0.25, 0.3) is 21.9 Å².